The molecule has 0 saturated carbocycles. The maximum Gasteiger partial charge on any atom is 0.496 e. The van der Waals surface area contributed by atoms with E-state index in [0.717, 1.165) is 126 Å². The molecule has 0 atom stereocenters. The molecular formula is C110H85B3O10S2. The fourth-order valence-electron chi connectivity index (χ4n) is 19.2. The van der Waals surface area contributed by atoms with Crippen molar-refractivity contribution in [3.05, 3.63) is 297 Å². The van der Waals surface area contributed by atoms with Crippen LogP contribution >= 0.6 is 22.7 Å². The minimum absolute atomic E-state index is 0.384. The quantitative estimate of drug-likeness (QED) is 0.149. The first-order chi connectivity index (χ1) is 60.3. The van der Waals surface area contributed by atoms with Gasteiger partial charge in [-0.3, -0.25) is 0 Å². The van der Waals surface area contributed by atoms with Gasteiger partial charge in [0.1, 0.15) is 44.7 Å². The largest absolute Gasteiger partial charge is 0.496 e. The van der Waals surface area contributed by atoms with Crippen LogP contribution in [0.5, 0.6) is 0 Å². The second kappa shape index (κ2) is 27.6. The summed E-state index contributed by atoms with van der Waals surface area (Å²) in [7, 11) is -1.35. The molecule has 0 amide bonds. The number of hydrogen-bond donors (Lipinski definition) is 0. The van der Waals surface area contributed by atoms with E-state index in [-0.39, 0.29) is 11.2 Å². The lowest BCUT2D eigenvalue weighted by Crippen LogP contribution is -2.41. The summed E-state index contributed by atoms with van der Waals surface area (Å²) < 4.78 is 69.8. The molecular weight excluding hydrogens is 1580 g/mol. The molecule has 10 nitrogen and oxygen atoms in total. The Hall–Kier alpha value is -12.4. The van der Waals surface area contributed by atoms with E-state index in [1.807, 2.05) is 34.8 Å². The summed E-state index contributed by atoms with van der Waals surface area (Å²) in [5, 5.41) is 25.6. The first-order valence-electron chi connectivity index (χ1n) is 43.1. The number of benzene rings is 17. The zero-order chi connectivity index (χ0) is 84.7. The topological polar surface area (TPSA) is 108 Å². The van der Waals surface area contributed by atoms with E-state index in [9.17, 15) is 0 Å². The summed E-state index contributed by atoms with van der Waals surface area (Å²) in [6.45, 7) is 25.3. The highest BCUT2D eigenvalue weighted by atomic mass is 32.1. The third-order valence-corrected chi connectivity index (χ3v) is 30.3. The Morgan fingerprint density at radius 1 is 0.208 bits per heavy atom. The van der Waals surface area contributed by atoms with Crippen LogP contribution in [0.1, 0.15) is 83.1 Å². The molecule has 23 aromatic rings. The van der Waals surface area contributed by atoms with E-state index >= 15 is 0 Å². The molecule has 3 saturated heterocycles. The number of furan rings is 4. The van der Waals surface area contributed by atoms with Crippen molar-refractivity contribution in [3.8, 4) is 33.4 Å². The predicted molar refractivity (Wildman–Crippen MR) is 525 cm³/mol. The average Bonchev–Trinajstić information content (AvgIpc) is 1.70. The highest BCUT2D eigenvalue weighted by Gasteiger charge is 2.55. The molecule has 0 unspecified atom stereocenters. The van der Waals surface area contributed by atoms with Gasteiger partial charge >= 0.3 is 21.4 Å². The number of rotatable bonds is 6. The second-order valence-electron chi connectivity index (χ2n) is 37.2. The molecule has 0 N–H and O–H groups in total. The molecule has 3 aliphatic heterocycles. The Labute approximate surface area is 730 Å². The van der Waals surface area contributed by atoms with Crippen molar-refractivity contribution in [2.45, 2.75) is 117 Å². The molecule has 0 aliphatic carbocycles. The molecule has 9 heterocycles. The fraction of sp³-hybridized carbons (Fsp3) is 0.164. The Bertz CT molecular complexity index is 8480. The normalized spacial score (nSPS) is 16.6. The molecule has 6 aromatic heterocycles. The molecule has 125 heavy (non-hydrogen) atoms. The third-order valence-electron chi connectivity index (χ3n) is 28.1. The third kappa shape index (κ3) is 12.1. The Kier molecular flexibility index (Phi) is 16.8. The van der Waals surface area contributed by atoms with Gasteiger partial charge in [0, 0.05) is 88.8 Å². The smallest absolute Gasteiger partial charge is 0.456 e. The van der Waals surface area contributed by atoms with Gasteiger partial charge in [-0.05, 0) is 303 Å². The van der Waals surface area contributed by atoms with Crippen molar-refractivity contribution in [3.63, 3.8) is 0 Å². The summed E-state index contributed by atoms with van der Waals surface area (Å²) in [6, 6.07) is 106. The summed E-state index contributed by atoms with van der Waals surface area (Å²) in [5.74, 6) is 0. The van der Waals surface area contributed by atoms with Crippen molar-refractivity contribution in [2.24, 2.45) is 0 Å². The molecule has 15 heteroatoms. The van der Waals surface area contributed by atoms with Crippen LogP contribution < -0.4 is 16.4 Å². The van der Waals surface area contributed by atoms with E-state index in [1.54, 1.807) is 0 Å². The summed E-state index contributed by atoms with van der Waals surface area (Å²) in [4.78, 5) is 0. The Morgan fingerprint density at radius 2 is 0.568 bits per heavy atom. The van der Waals surface area contributed by atoms with Crippen molar-refractivity contribution in [1.29, 1.82) is 0 Å². The second-order valence-corrected chi connectivity index (χ2v) is 39.4. The standard InChI is InChI=1S/C38H29BO4.C38H29BO3S.C34H27BO3S/c1-37(2)38(3,4)43-39(42-37)31-14-9-15-33-35(31)30-21-27(25-12-7-8-13-26(25)36(30)41-33)24-16-17-32-28(19-24)29-18-22-10-5-6-11-23(22)20-34(29)40-32;1-37(2)38(3,4)42-39(41-37)36-27-12-8-7-11-26(27)21-34-35(36)30-19-25(14-16-33(30)43-34)24-13-15-31-28(18-24)29-17-22-9-5-6-10-23(22)20-32(29)40-31;1-33(2)34(3,4)38-35(37-33)27-10-7-11-31-32(27)26-18-23(13-15-30(26)39-31)22-12-14-28-24(17-22)25-16-20-8-5-6-9-21(20)19-29(25)36-28/h2*5-21H,1-4H3;5-19H,1-4H3. The zero-order valence-electron chi connectivity index (χ0n) is 71.4. The first-order valence-corrected chi connectivity index (χ1v) is 44.8. The van der Waals surface area contributed by atoms with Crippen molar-refractivity contribution in [2.75, 3.05) is 0 Å². The monoisotopic (exact) mass is 1660 g/mol. The van der Waals surface area contributed by atoms with Gasteiger partial charge in [0.15, 0.2) is 0 Å². The zero-order valence-corrected chi connectivity index (χ0v) is 73.1. The average molecular weight is 1660 g/mol. The van der Waals surface area contributed by atoms with Gasteiger partial charge in [-0.2, -0.15) is 0 Å². The Balaban J connectivity index is 0.000000105. The highest BCUT2D eigenvalue weighted by Crippen LogP contribution is 2.49. The number of thiophene rings is 2. The maximum absolute atomic E-state index is 6.68. The van der Waals surface area contributed by atoms with Crippen LogP contribution in [0.3, 0.4) is 0 Å². The lowest BCUT2D eigenvalue weighted by molar-refractivity contribution is 0.00578. The molecule has 26 rings (SSSR count). The van der Waals surface area contributed by atoms with E-state index in [2.05, 4.69) is 368 Å². The molecule has 3 fully saturated rings. The van der Waals surface area contributed by atoms with E-state index in [0.29, 0.717) is 0 Å². The van der Waals surface area contributed by atoms with Crippen molar-refractivity contribution < 1.29 is 45.6 Å². The van der Waals surface area contributed by atoms with Gasteiger partial charge in [0.2, 0.25) is 0 Å². The predicted octanol–water partition coefficient (Wildman–Crippen LogP) is 29.1. The molecule has 17 aromatic carbocycles. The summed E-state index contributed by atoms with van der Waals surface area (Å²) in [6.07, 6.45) is 0. The first kappa shape index (κ1) is 76.3. The fourth-order valence-corrected chi connectivity index (χ4v) is 21.5. The molecule has 0 radical (unpaired) electrons. The minimum atomic E-state index is -0.493. The van der Waals surface area contributed by atoms with Crippen LogP contribution in [0.2, 0.25) is 0 Å². The lowest BCUT2D eigenvalue weighted by Gasteiger charge is -2.32. The van der Waals surface area contributed by atoms with Crippen LogP contribution in [0.15, 0.2) is 315 Å². The van der Waals surface area contributed by atoms with Crippen LogP contribution in [-0.4, -0.2) is 55.0 Å². The van der Waals surface area contributed by atoms with E-state index in [1.165, 1.54) is 106 Å². The number of fused-ring (bicyclic) bond motifs is 24. The minimum Gasteiger partial charge on any atom is -0.456 e. The summed E-state index contributed by atoms with van der Waals surface area (Å²) >= 11 is 3.65. The highest BCUT2D eigenvalue weighted by molar-refractivity contribution is 7.26. The van der Waals surface area contributed by atoms with E-state index in [4.69, 9.17) is 45.6 Å². The van der Waals surface area contributed by atoms with Gasteiger partial charge in [-0.25, -0.2) is 0 Å². The van der Waals surface area contributed by atoms with Gasteiger partial charge in [-0.1, -0.05) is 176 Å². The van der Waals surface area contributed by atoms with Crippen LogP contribution in [0, 0.1) is 0 Å². The lowest BCUT2D eigenvalue weighted by atomic mass is 9.73. The number of hydrogen-bond acceptors (Lipinski definition) is 12. The van der Waals surface area contributed by atoms with Crippen LogP contribution in [0.25, 0.3) is 215 Å². The maximum atomic E-state index is 6.68. The molecule has 0 spiro atoms. The summed E-state index contributed by atoms with van der Waals surface area (Å²) in [5.41, 5.74) is 14.8. The Morgan fingerprint density at radius 3 is 1.05 bits per heavy atom. The molecule has 606 valence electrons. The molecule has 3 aliphatic rings. The van der Waals surface area contributed by atoms with E-state index < -0.39 is 43.8 Å². The molecule has 0 bridgehead atoms. The van der Waals surface area contributed by atoms with Gasteiger partial charge < -0.3 is 45.6 Å². The van der Waals surface area contributed by atoms with Crippen LogP contribution in [0.4, 0.5) is 0 Å². The SMILES string of the molecule is CC1(C)OB(c2c3ccccc3cc3sc4ccc(-c5ccc6oc7cc8ccccc8cc7c6c5)cc4c23)OC1(C)C.CC1(C)OB(c2cccc3oc4c5ccccc5c(-c5ccc6oc7cc8ccccc8cc7c6c5)cc4c23)OC1(C)C.CC1(C)OB(c2cccc3sc4ccc(-c5ccc6oc7cc8ccccc8cc7c6c5)cc4c23)OC1(C)C. The van der Waals surface area contributed by atoms with Crippen molar-refractivity contribution in [1.82, 2.24) is 0 Å². The van der Waals surface area contributed by atoms with Crippen molar-refractivity contribution >= 4 is 242 Å². The van der Waals surface area contributed by atoms with Crippen LogP contribution in [-0.2, 0) is 27.9 Å². The van der Waals surface area contributed by atoms with Gasteiger partial charge in [-0.15, -0.1) is 22.7 Å². The van der Waals surface area contributed by atoms with Gasteiger partial charge in [0.25, 0.3) is 0 Å². The van der Waals surface area contributed by atoms with Gasteiger partial charge in [0.05, 0.1) is 33.6 Å².